The SMILES string of the molecule is CCOC(=O)c1ccc(-c2[nH]c3cc(OC)cc(OC)c3c(=O)c2OC)cc1. The van der Waals surface area contributed by atoms with Crippen LogP contribution in [-0.2, 0) is 4.74 Å². The number of carbonyl (C=O) groups is 1. The molecule has 0 atom stereocenters. The second-order valence-electron chi connectivity index (χ2n) is 5.91. The van der Waals surface area contributed by atoms with Crippen LogP contribution in [0.4, 0.5) is 0 Å². The highest BCUT2D eigenvalue weighted by atomic mass is 16.5. The van der Waals surface area contributed by atoms with Gasteiger partial charge in [0.1, 0.15) is 11.5 Å². The highest BCUT2D eigenvalue weighted by Crippen LogP contribution is 2.33. The van der Waals surface area contributed by atoms with E-state index >= 15 is 0 Å². The van der Waals surface area contributed by atoms with Crippen LogP contribution in [-0.4, -0.2) is 38.9 Å². The second kappa shape index (κ2) is 8.04. The van der Waals surface area contributed by atoms with E-state index in [1.807, 2.05) is 0 Å². The van der Waals surface area contributed by atoms with Crippen LogP contribution in [0.5, 0.6) is 17.2 Å². The molecule has 1 aromatic heterocycles. The molecule has 2 aromatic carbocycles. The third-order valence-electron chi connectivity index (χ3n) is 4.34. The van der Waals surface area contributed by atoms with Crippen molar-refractivity contribution in [3.63, 3.8) is 0 Å². The van der Waals surface area contributed by atoms with E-state index in [9.17, 15) is 9.59 Å². The van der Waals surface area contributed by atoms with Crippen LogP contribution >= 0.6 is 0 Å². The Bertz CT molecular complexity index is 1070. The average Bonchev–Trinajstić information content (AvgIpc) is 2.72. The smallest absolute Gasteiger partial charge is 0.338 e. The van der Waals surface area contributed by atoms with E-state index in [0.717, 1.165) is 0 Å². The normalized spacial score (nSPS) is 10.6. The number of fused-ring (bicyclic) bond motifs is 1. The van der Waals surface area contributed by atoms with Gasteiger partial charge in [0, 0.05) is 17.7 Å². The Morgan fingerprint density at radius 1 is 1.00 bits per heavy atom. The van der Waals surface area contributed by atoms with Gasteiger partial charge >= 0.3 is 5.97 Å². The van der Waals surface area contributed by atoms with Gasteiger partial charge in [0.25, 0.3) is 0 Å². The molecule has 0 spiro atoms. The van der Waals surface area contributed by atoms with Gasteiger partial charge in [0.15, 0.2) is 5.75 Å². The zero-order valence-corrected chi connectivity index (χ0v) is 16.1. The van der Waals surface area contributed by atoms with Gasteiger partial charge < -0.3 is 23.9 Å². The lowest BCUT2D eigenvalue weighted by atomic mass is 10.1. The molecule has 3 rings (SSSR count). The molecule has 1 N–H and O–H groups in total. The summed E-state index contributed by atoms with van der Waals surface area (Å²) in [6.07, 6.45) is 0. The van der Waals surface area contributed by atoms with E-state index < -0.39 is 5.97 Å². The molecule has 7 nitrogen and oxygen atoms in total. The second-order valence-corrected chi connectivity index (χ2v) is 5.91. The van der Waals surface area contributed by atoms with E-state index in [4.69, 9.17) is 18.9 Å². The molecule has 7 heteroatoms. The summed E-state index contributed by atoms with van der Waals surface area (Å²) >= 11 is 0. The molecule has 0 bridgehead atoms. The number of hydrogen-bond donors (Lipinski definition) is 1. The van der Waals surface area contributed by atoms with Gasteiger partial charge in [-0.3, -0.25) is 4.79 Å². The first-order valence-electron chi connectivity index (χ1n) is 8.67. The molecular formula is C21H21NO6. The average molecular weight is 383 g/mol. The van der Waals surface area contributed by atoms with Gasteiger partial charge in [-0.1, -0.05) is 12.1 Å². The minimum atomic E-state index is -0.400. The van der Waals surface area contributed by atoms with Crippen LogP contribution in [0.2, 0.25) is 0 Å². The summed E-state index contributed by atoms with van der Waals surface area (Å²) < 4.78 is 21.0. The molecule has 0 saturated heterocycles. The van der Waals surface area contributed by atoms with Crippen molar-refractivity contribution < 1.29 is 23.7 Å². The van der Waals surface area contributed by atoms with E-state index in [1.54, 1.807) is 43.3 Å². The van der Waals surface area contributed by atoms with Gasteiger partial charge in [-0.25, -0.2) is 4.79 Å². The van der Waals surface area contributed by atoms with Crippen molar-refractivity contribution in [3.05, 3.63) is 52.2 Å². The Morgan fingerprint density at radius 3 is 2.29 bits per heavy atom. The number of benzene rings is 2. The molecule has 0 aliphatic carbocycles. The predicted molar refractivity (Wildman–Crippen MR) is 106 cm³/mol. The van der Waals surface area contributed by atoms with Gasteiger partial charge in [0.2, 0.25) is 5.43 Å². The fraction of sp³-hybridized carbons (Fsp3) is 0.238. The Morgan fingerprint density at radius 2 is 1.71 bits per heavy atom. The summed E-state index contributed by atoms with van der Waals surface area (Å²) in [7, 11) is 4.46. The number of ether oxygens (including phenoxy) is 4. The number of esters is 1. The van der Waals surface area contributed by atoms with Crippen LogP contribution in [0.25, 0.3) is 22.2 Å². The standard InChI is InChI=1S/C21H21NO6/c1-5-28-21(24)13-8-6-12(7-9-13)18-20(27-4)19(23)17-15(22-18)10-14(25-2)11-16(17)26-3/h6-11H,5H2,1-4H3,(H,22,23). The Kier molecular flexibility index (Phi) is 5.54. The quantitative estimate of drug-likeness (QED) is 0.657. The number of aromatic amines is 1. The number of H-pyrrole nitrogens is 1. The van der Waals surface area contributed by atoms with Crippen molar-refractivity contribution in [2.75, 3.05) is 27.9 Å². The maximum Gasteiger partial charge on any atom is 0.338 e. The number of carbonyl (C=O) groups excluding carboxylic acids is 1. The highest BCUT2D eigenvalue weighted by molar-refractivity contribution is 5.92. The van der Waals surface area contributed by atoms with E-state index in [2.05, 4.69) is 4.98 Å². The zero-order chi connectivity index (χ0) is 20.3. The molecule has 0 aliphatic heterocycles. The van der Waals surface area contributed by atoms with Crippen molar-refractivity contribution in [2.24, 2.45) is 0 Å². The topological polar surface area (TPSA) is 86.9 Å². The fourth-order valence-electron chi connectivity index (χ4n) is 3.01. The Labute approximate surface area is 161 Å². The van der Waals surface area contributed by atoms with Gasteiger partial charge in [-0.2, -0.15) is 0 Å². The van der Waals surface area contributed by atoms with Gasteiger partial charge in [-0.05, 0) is 19.1 Å². The number of hydrogen-bond acceptors (Lipinski definition) is 6. The van der Waals surface area contributed by atoms with Crippen molar-refractivity contribution in [1.29, 1.82) is 0 Å². The molecule has 0 radical (unpaired) electrons. The minimum absolute atomic E-state index is 0.153. The third kappa shape index (κ3) is 3.38. The summed E-state index contributed by atoms with van der Waals surface area (Å²) in [5, 5.41) is 0.368. The number of aromatic nitrogens is 1. The molecule has 0 unspecified atom stereocenters. The van der Waals surface area contributed by atoms with E-state index in [-0.39, 0.29) is 11.2 Å². The highest BCUT2D eigenvalue weighted by Gasteiger charge is 2.19. The summed E-state index contributed by atoms with van der Waals surface area (Å²) in [5.74, 6) is 0.689. The van der Waals surface area contributed by atoms with Crippen LogP contribution in [0, 0.1) is 0 Å². The molecule has 28 heavy (non-hydrogen) atoms. The predicted octanol–water partition coefficient (Wildman–Crippen LogP) is 3.40. The van der Waals surface area contributed by atoms with Crippen molar-refractivity contribution in [1.82, 2.24) is 4.98 Å². The number of pyridine rings is 1. The van der Waals surface area contributed by atoms with E-state index in [0.29, 0.717) is 45.8 Å². The summed E-state index contributed by atoms with van der Waals surface area (Å²) in [5.41, 5.74) is 1.85. The fourth-order valence-corrected chi connectivity index (χ4v) is 3.01. The molecule has 0 amide bonds. The largest absolute Gasteiger partial charge is 0.497 e. The lowest BCUT2D eigenvalue weighted by Crippen LogP contribution is -2.11. The monoisotopic (exact) mass is 383 g/mol. The Hall–Kier alpha value is -3.48. The first-order chi connectivity index (χ1) is 13.5. The van der Waals surface area contributed by atoms with E-state index in [1.165, 1.54) is 21.3 Å². The maximum atomic E-state index is 13.1. The van der Waals surface area contributed by atoms with Crippen molar-refractivity contribution in [3.8, 4) is 28.5 Å². The minimum Gasteiger partial charge on any atom is -0.497 e. The first kappa shape index (κ1) is 19.3. The van der Waals surface area contributed by atoms with Crippen molar-refractivity contribution >= 4 is 16.9 Å². The molecule has 0 saturated carbocycles. The van der Waals surface area contributed by atoms with Crippen LogP contribution in [0.1, 0.15) is 17.3 Å². The molecule has 0 aliphatic rings. The van der Waals surface area contributed by atoms with Crippen molar-refractivity contribution in [2.45, 2.75) is 6.92 Å². The first-order valence-corrected chi connectivity index (χ1v) is 8.67. The van der Waals surface area contributed by atoms with Gasteiger partial charge in [-0.15, -0.1) is 0 Å². The molecule has 146 valence electrons. The summed E-state index contributed by atoms with van der Waals surface area (Å²) in [6.45, 7) is 2.05. The lowest BCUT2D eigenvalue weighted by Gasteiger charge is -2.14. The maximum absolute atomic E-state index is 13.1. The third-order valence-corrected chi connectivity index (χ3v) is 4.34. The van der Waals surface area contributed by atoms with Gasteiger partial charge in [0.05, 0.1) is 50.1 Å². The van der Waals surface area contributed by atoms with Crippen LogP contribution in [0.15, 0.2) is 41.2 Å². The lowest BCUT2D eigenvalue weighted by molar-refractivity contribution is 0.0526. The number of rotatable bonds is 6. The van der Waals surface area contributed by atoms with Crippen LogP contribution in [0.3, 0.4) is 0 Å². The molecule has 3 aromatic rings. The molecular weight excluding hydrogens is 362 g/mol. The molecule has 1 heterocycles. The number of nitrogens with one attached hydrogen (secondary N) is 1. The molecule has 0 fully saturated rings. The Balaban J connectivity index is 2.20. The zero-order valence-electron chi connectivity index (χ0n) is 16.1. The summed E-state index contributed by atoms with van der Waals surface area (Å²) in [4.78, 5) is 28.1. The summed E-state index contributed by atoms with van der Waals surface area (Å²) in [6, 6.07) is 10.1. The van der Waals surface area contributed by atoms with Crippen LogP contribution < -0.4 is 19.6 Å². The number of methoxy groups -OCH3 is 3.